The number of anilines is 12. The first kappa shape index (κ1) is 38.9. The van der Waals surface area contributed by atoms with Crippen LogP contribution in [0.2, 0.25) is 0 Å². The van der Waals surface area contributed by atoms with E-state index in [-0.39, 0.29) is 12.1 Å². The maximum Gasteiger partial charge on any atom is 0.260 e. The van der Waals surface area contributed by atoms with Gasteiger partial charge in [0, 0.05) is 45.9 Å². The van der Waals surface area contributed by atoms with Crippen molar-refractivity contribution in [3.63, 3.8) is 0 Å². The van der Waals surface area contributed by atoms with Crippen molar-refractivity contribution in [1.29, 1.82) is 0 Å². The molecule has 3 atom stereocenters. The van der Waals surface area contributed by atoms with Gasteiger partial charge in [0.2, 0.25) is 0 Å². The zero-order valence-electron chi connectivity index (χ0n) is 38.7. The van der Waals surface area contributed by atoms with E-state index in [2.05, 4.69) is 241 Å². The standard InChI is InChI=1S/C62H47BN4O2/c1-38-34-43-58-44(62(2,3)59(38)43)37-57-60-61(58)69-56-36-42(67-53-28-16-12-24-49(53)65(40-20-8-5-9-21-40)50-25-13-17-29-54(50)67)31-33-46(56)63(60)45-32-30-41(35-55(45)68-57)66-51-26-14-10-22-47(51)64(39-18-6-4-7-19-39)48-23-11-15-27-52(48)66/h4-33,35-38,43,59H,34H2,1-3H3. The van der Waals surface area contributed by atoms with Crippen LogP contribution < -0.4 is 45.5 Å². The van der Waals surface area contributed by atoms with Gasteiger partial charge in [-0.15, -0.1) is 0 Å². The molecular weight excluding hydrogens is 844 g/mol. The van der Waals surface area contributed by atoms with Crippen molar-refractivity contribution in [3.05, 3.63) is 211 Å². The van der Waals surface area contributed by atoms with Gasteiger partial charge in [0.25, 0.3) is 6.71 Å². The van der Waals surface area contributed by atoms with Gasteiger partial charge < -0.3 is 29.1 Å². The molecule has 0 spiro atoms. The van der Waals surface area contributed by atoms with Crippen LogP contribution in [0.5, 0.6) is 23.0 Å². The number of para-hydroxylation sites is 10. The minimum atomic E-state index is -0.0837. The van der Waals surface area contributed by atoms with Crippen molar-refractivity contribution in [3.8, 4) is 23.0 Å². The van der Waals surface area contributed by atoms with Gasteiger partial charge in [-0.1, -0.05) is 118 Å². The molecule has 0 bridgehead atoms. The molecule has 0 saturated heterocycles. The van der Waals surface area contributed by atoms with Crippen LogP contribution in [0.1, 0.15) is 44.2 Å². The van der Waals surface area contributed by atoms with Crippen LogP contribution in [0.3, 0.4) is 0 Å². The molecule has 7 heteroatoms. The molecule has 1 saturated carbocycles. The van der Waals surface area contributed by atoms with Crippen LogP contribution in [0.25, 0.3) is 0 Å². The lowest BCUT2D eigenvalue weighted by Gasteiger charge is -2.45. The first-order chi connectivity index (χ1) is 33.9. The van der Waals surface area contributed by atoms with Crippen LogP contribution >= 0.6 is 0 Å². The van der Waals surface area contributed by atoms with Gasteiger partial charge in [-0.3, -0.25) is 0 Å². The third-order valence-corrected chi connectivity index (χ3v) is 16.2. The molecule has 6 aliphatic rings. The average Bonchev–Trinajstić information content (AvgIpc) is 3.57. The van der Waals surface area contributed by atoms with Crippen molar-refractivity contribution in [2.75, 3.05) is 19.6 Å². The van der Waals surface area contributed by atoms with E-state index in [1.165, 1.54) is 17.5 Å². The van der Waals surface area contributed by atoms with Crippen molar-refractivity contribution in [1.82, 2.24) is 0 Å². The van der Waals surface area contributed by atoms with Gasteiger partial charge in [0.05, 0.1) is 45.5 Å². The number of ether oxygens (including phenoxy) is 2. The van der Waals surface area contributed by atoms with E-state index < -0.39 is 0 Å². The van der Waals surface area contributed by atoms with Crippen LogP contribution in [0, 0.1) is 11.8 Å². The van der Waals surface area contributed by atoms with E-state index in [9.17, 15) is 0 Å². The lowest BCUT2D eigenvalue weighted by molar-refractivity contribution is 0.0981. The van der Waals surface area contributed by atoms with Gasteiger partial charge >= 0.3 is 0 Å². The molecular formula is C62H47BN4O2. The number of benzene rings is 9. The lowest BCUT2D eigenvalue weighted by atomic mass is 9.34. The second-order valence-corrected chi connectivity index (χ2v) is 20.2. The Morgan fingerprint density at radius 1 is 0.435 bits per heavy atom. The molecule has 0 radical (unpaired) electrons. The molecule has 9 aromatic carbocycles. The molecule has 4 aliphatic heterocycles. The molecule has 0 N–H and O–H groups in total. The van der Waals surface area contributed by atoms with E-state index in [1.54, 1.807) is 0 Å². The minimum absolute atomic E-state index is 0.0205. The molecule has 330 valence electrons. The van der Waals surface area contributed by atoms with E-state index in [0.29, 0.717) is 17.8 Å². The number of hydrogen-bond donors (Lipinski definition) is 0. The predicted octanol–water partition coefficient (Wildman–Crippen LogP) is 15.0. The summed E-state index contributed by atoms with van der Waals surface area (Å²) >= 11 is 0. The Morgan fingerprint density at radius 3 is 1.25 bits per heavy atom. The Hall–Kier alpha value is -8.16. The highest BCUT2D eigenvalue weighted by atomic mass is 16.5. The molecule has 2 aliphatic carbocycles. The topological polar surface area (TPSA) is 31.4 Å². The highest BCUT2D eigenvalue weighted by Crippen LogP contribution is 2.66. The quantitative estimate of drug-likeness (QED) is 0.164. The fraction of sp³-hybridized carbons (Fsp3) is 0.129. The number of rotatable bonds is 4. The van der Waals surface area contributed by atoms with E-state index >= 15 is 0 Å². The highest BCUT2D eigenvalue weighted by molar-refractivity contribution is 6.98. The van der Waals surface area contributed by atoms with E-state index in [1.807, 2.05) is 0 Å². The predicted molar refractivity (Wildman–Crippen MR) is 283 cm³/mol. The summed E-state index contributed by atoms with van der Waals surface area (Å²) in [6.45, 7) is 7.24. The summed E-state index contributed by atoms with van der Waals surface area (Å²) < 4.78 is 14.8. The summed E-state index contributed by atoms with van der Waals surface area (Å²) in [6, 6.07) is 72.5. The van der Waals surface area contributed by atoms with Crippen molar-refractivity contribution >= 4 is 91.3 Å². The maximum absolute atomic E-state index is 7.47. The van der Waals surface area contributed by atoms with Crippen molar-refractivity contribution in [2.24, 2.45) is 11.8 Å². The first-order valence-corrected chi connectivity index (χ1v) is 24.4. The Bertz CT molecular complexity index is 3510. The van der Waals surface area contributed by atoms with Crippen molar-refractivity contribution < 1.29 is 9.47 Å². The average molecular weight is 891 g/mol. The summed E-state index contributed by atoms with van der Waals surface area (Å²) in [5.41, 5.74) is 19.5. The molecule has 0 aromatic heterocycles. The molecule has 9 aromatic rings. The second-order valence-electron chi connectivity index (χ2n) is 20.2. The summed E-state index contributed by atoms with van der Waals surface area (Å²) in [5, 5.41) is 0. The van der Waals surface area contributed by atoms with Gasteiger partial charge in [-0.25, -0.2) is 0 Å². The molecule has 1 fully saturated rings. The van der Waals surface area contributed by atoms with Gasteiger partial charge in [-0.05, 0) is 137 Å². The Kier molecular flexibility index (Phi) is 8.00. The second kappa shape index (κ2) is 14.2. The normalized spacial score (nSPS) is 18.9. The molecule has 0 amide bonds. The Labute approximate surface area is 403 Å². The zero-order valence-corrected chi connectivity index (χ0v) is 38.7. The largest absolute Gasteiger partial charge is 0.458 e. The Morgan fingerprint density at radius 2 is 0.826 bits per heavy atom. The smallest absolute Gasteiger partial charge is 0.260 e. The Balaban J connectivity index is 0.904. The molecule has 6 nitrogen and oxygen atoms in total. The molecule has 69 heavy (non-hydrogen) atoms. The third kappa shape index (κ3) is 5.33. The van der Waals surface area contributed by atoms with E-state index in [4.69, 9.17) is 9.47 Å². The number of fused-ring (bicyclic) bond motifs is 12. The zero-order chi connectivity index (χ0) is 45.7. The van der Waals surface area contributed by atoms with Gasteiger partial charge in [0.15, 0.2) is 0 Å². The highest BCUT2D eigenvalue weighted by Gasteiger charge is 2.58. The van der Waals surface area contributed by atoms with Gasteiger partial charge in [0.1, 0.15) is 23.0 Å². The monoisotopic (exact) mass is 890 g/mol. The van der Waals surface area contributed by atoms with Crippen LogP contribution in [0.4, 0.5) is 68.2 Å². The lowest BCUT2D eigenvalue weighted by Crippen LogP contribution is -2.57. The van der Waals surface area contributed by atoms with Gasteiger partial charge in [-0.2, -0.15) is 0 Å². The molecule has 3 unspecified atom stereocenters. The number of hydrogen-bond acceptors (Lipinski definition) is 6. The SMILES string of the molecule is CC1CC2c3c(cc4c5c3Oc3cc(N6c7ccccc7N(c7ccccc7)c7ccccc76)ccc3B5c3ccc(N5c6ccccc6N(c6ccccc6)c6ccccc65)cc3O4)C(C)(C)C12. The fourth-order valence-electron chi connectivity index (χ4n) is 13.5. The summed E-state index contributed by atoms with van der Waals surface area (Å²) in [4.78, 5) is 9.56. The van der Waals surface area contributed by atoms with Crippen LogP contribution in [-0.4, -0.2) is 6.71 Å². The van der Waals surface area contributed by atoms with Crippen LogP contribution in [0.15, 0.2) is 200 Å². The number of nitrogens with zero attached hydrogens (tertiary/aromatic N) is 4. The van der Waals surface area contributed by atoms with Crippen molar-refractivity contribution in [2.45, 2.75) is 38.5 Å². The fourth-order valence-corrected chi connectivity index (χ4v) is 13.5. The third-order valence-electron chi connectivity index (χ3n) is 16.2. The molecule has 15 rings (SSSR count). The summed E-state index contributed by atoms with van der Waals surface area (Å²) in [7, 11) is 0. The van der Waals surface area contributed by atoms with Crippen LogP contribution in [-0.2, 0) is 5.41 Å². The molecule has 4 heterocycles. The summed E-state index contributed by atoms with van der Waals surface area (Å²) in [5.74, 6) is 5.34. The first-order valence-electron chi connectivity index (χ1n) is 24.4. The summed E-state index contributed by atoms with van der Waals surface area (Å²) in [6.07, 6.45) is 1.17. The van der Waals surface area contributed by atoms with E-state index in [0.717, 1.165) is 108 Å². The minimum Gasteiger partial charge on any atom is -0.458 e. The maximum atomic E-state index is 7.47.